The van der Waals surface area contributed by atoms with Gasteiger partial charge in [-0.05, 0) is 12.1 Å². The topological polar surface area (TPSA) is 36.7 Å². The summed E-state index contributed by atoms with van der Waals surface area (Å²) in [5.41, 5.74) is 2.78. The Bertz CT molecular complexity index is 499. The summed E-state index contributed by atoms with van der Waals surface area (Å²) in [6, 6.07) is 8.10. The van der Waals surface area contributed by atoms with Crippen LogP contribution in [-0.2, 0) is 0 Å². The first-order valence-electron chi connectivity index (χ1n) is 3.91. The van der Waals surface area contributed by atoms with Crippen LogP contribution in [0.1, 0.15) is 4.88 Å². The number of nitriles is 1. The Morgan fingerprint density at radius 3 is 3.00 bits per heavy atom. The Labute approximate surface area is 84.3 Å². The van der Waals surface area contributed by atoms with Crippen molar-refractivity contribution in [2.75, 3.05) is 0 Å². The second-order valence-electron chi connectivity index (χ2n) is 2.65. The molecule has 0 unspecified atom stereocenters. The fourth-order valence-corrected chi connectivity index (χ4v) is 1.77. The second kappa shape index (κ2) is 3.56. The lowest BCUT2D eigenvalue weighted by molar-refractivity contribution is 0.628. The third-order valence-corrected chi connectivity index (χ3v) is 2.50. The zero-order valence-corrected chi connectivity index (χ0v) is 7.88. The number of nitrogens with zero attached hydrogens (tertiary/aromatic N) is 2. The molecule has 0 N–H and O–H groups in total. The van der Waals surface area contributed by atoms with E-state index in [0.717, 1.165) is 0 Å². The van der Waals surface area contributed by atoms with Crippen LogP contribution in [0.15, 0.2) is 29.8 Å². The van der Waals surface area contributed by atoms with Gasteiger partial charge in [0.25, 0.3) is 0 Å². The standard InChI is InChI=1S/C10H5FN2S/c11-8-3-1-2-7(4-8)10-9(5-12)14-6-13-10/h1-4,6H. The maximum Gasteiger partial charge on any atom is 0.132 e. The number of hydrogen-bond acceptors (Lipinski definition) is 3. The predicted molar refractivity (Wildman–Crippen MR) is 52.2 cm³/mol. The Balaban J connectivity index is 2.56. The van der Waals surface area contributed by atoms with Crippen LogP contribution in [0.25, 0.3) is 11.3 Å². The van der Waals surface area contributed by atoms with E-state index >= 15 is 0 Å². The van der Waals surface area contributed by atoms with E-state index in [0.29, 0.717) is 16.1 Å². The highest BCUT2D eigenvalue weighted by Gasteiger charge is 2.08. The van der Waals surface area contributed by atoms with Crippen LogP contribution in [0.5, 0.6) is 0 Å². The van der Waals surface area contributed by atoms with Crippen LogP contribution in [0.3, 0.4) is 0 Å². The minimum Gasteiger partial charge on any atom is -0.243 e. The minimum atomic E-state index is -0.320. The van der Waals surface area contributed by atoms with Gasteiger partial charge in [0.1, 0.15) is 16.8 Å². The molecular formula is C10H5FN2S. The van der Waals surface area contributed by atoms with E-state index in [-0.39, 0.29) is 5.82 Å². The molecule has 0 radical (unpaired) electrons. The van der Waals surface area contributed by atoms with Crippen LogP contribution < -0.4 is 0 Å². The molecule has 0 saturated carbocycles. The van der Waals surface area contributed by atoms with E-state index in [1.54, 1.807) is 17.6 Å². The van der Waals surface area contributed by atoms with Crippen molar-refractivity contribution >= 4 is 11.3 Å². The SMILES string of the molecule is N#Cc1scnc1-c1cccc(F)c1. The summed E-state index contributed by atoms with van der Waals surface area (Å²) in [7, 11) is 0. The molecule has 0 fully saturated rings. The van der Waals surface area contributed by atoms with Gasteiger partial charge in [0, 0.05) is 5.56 Å². The quantitative estimate of drug-likeness (QED) is 0.716. The van der Waals surface area contributed by atoms with Gasteiger partial charge >= 0.3 is 0 Å². The molecule has 2 nitrogen and oxygen atoms in total. The molecule has 68 valence electrons. The monoisotopic (exact) mass is 204 g/mol. The lowest BCUT2D eigenvalue weighted by Gasteiger charge is -1.96. The summed E-state index contributed by atoms with van der Waals surface area (Å²) in [4.78, 5) is 4.54. The van der Waals surface area contributed by atoms with Crippen molar-refractivity contribution < 1.29 is 4.39 Å². The summed E-state index contributed by atoms with van der Waals surface area (Å²) >= 11 is 1.26. The molecule has 0 aliphatic rings. The lowest BCUT2D eigenvalue weighted by atomic mass is 10.1. The van der Waals surface area contributed by atoms with Crippen molar-refractivity contribution in [3.63, 3.8) is 0 Å². The number of benzene rings is 1. The maximum atomic E-state index is 12.9. The first-order chi connectivity index (χ1) is 6.81. The average Bonchev–Trinajstić information content (AvgIpc) is 2.65. The average molecular weight is 204 g/mol. The summed E-state index contributed by atoms with van der Waals surface area (Å²) in [6.07, 6.45) is 0. The molecule has 0 spiro atoms. The van der Waals surface area contributed by atoms with Gasteiger partial charge < -0.3 is 0 Å². The van der Waals surface area contributed by atoms with E-state index in [2.05, 4.69) is 4.98 Å². The van der Waals surface area contributed by atoms with E-state index in [1.807, 2.05) is 6.07 Å². The molecule has 0 atom stereocenters. The van der Waals surface area contributed by atoms with Crippen molar-refractivity contribution in [2.24, 2.45) is 0 Å². The maximum absolute atomic E-state index is 12.9. The molecule has 14 heavy (non-hydrogen) atoms. The summed E-state index contributed by atoms with van der Waals surface area (Å²) in [6.45, 7) is 0. The van der Waals surface area contributed by atoms with Crippen molar-refractivity contribution in [3.05, 3.63) is 40.5 Å². The van der Waals surface area contributed by atoms with Crippen LogP contribution in [0.4, 0.5) is 4.39 Å². The Kier molecular flexibility index (Phi) is 2.25. The summed E-state index contributed by atoms with van der Waals surface area (Å²) in [5.74, 6) is -0.320. The number of halogens is 1. The highest BCUT2D eigenvalue weighted by molar-refractivity contribution is 7.10. The van der Waals surface area contributed by atoms with Crippen LogP contribution >= 0.6 is 11.3 Å². The molecule has 0 bridgehead atoms. The first-order valence-corrected chi connectivity index (χ1v) is 4.79. The molecule has 0 saturated heterocycles. The Morgan fingerprint density at radius 1 is 1.43 bits per heavy atom. The van der Waals surface area contributed by atoms with Crippen molar-refractivity contribution in [1.82, 2.24) is 4.98 Å². The van der Waals surface area contributed by atoms with Crippen LogP contribution in [0, 0.1) is 17.1 Å². The molecule has 2 aromatic rings. The van der Waals surface area contributed by atoms with Crippen molar-refractivity contribution in [1.29, 1.82) is 5.26 Å². The third-order valence-electron chi connectivity index (χ3n) is 1.77. The van der Waals surface area contributed by atoms with Crippen molar-refractivity contribution in [2.45, 2.75) is 0 Å². The van der Waals surface area contributed by atoms with Gasteiger partial charge in [-0.3, -0.25) is 0 Å². The van der Waals surface area contributed by atoms with Gasteiger partial charge in [0.15, 0.2) is 0 Å². The smallest absolute Gasteiger partial charge is 0.132 e. The molecule has 4 heteroatoms. The first kappa shape index (κ1) is 8.85. The molecule has 1 aromatic carbocycles. The van der Waals surface area contributed by atoms with Gasteiger partial charge in [-0.25, -0.2) is 9.37 Å². The minimum absolute atomic E-state index is 0.320. The van der Waals surface area contributed by atoms with E-state index in [1.165, 1.54) is 23.5 Å². The molecule has 0 aliphatic heterocycles. The molecule has 2 rings (SSSR count). The number of hydrogen-bond donors (Lipinski definition) is 0. The number of aromatic nitrogens is 1. The number of thiazole rings is 1. The zero-order valence-electron chi connectivity index (χ0n) is 7.07. The predicted octanol–water partition coefficient (Wildman–Crippen LogP) is 2.82. The Morgan fingerprint density at radius 2 is 2.29 bits per heavy atom. The second-order valence-corrected chi connectivity index (χ2v) is 3.51. The van der Waals surface area contributed by atoms with E-state index in [4.69, 9.17) is 5.26 Å². The molecule has 1 heterocycles. The fourth-order valence-electron chi connectivity index (χ4n) is 1.17. The normalized spacial score (nSPS) is 9.71. The van der Waals surface area contributed by atoms with Gasteiger partial charge in [0.05, 0.1) is 11.2 Å². The largest absolute Gasteiger partial charge is 0.243 e. The molecule has 1 aromatic heterocycles. The van der Waals surface area contributed by atoms with Gasteiger partial charge in [-0.2, -0.15) is 5.26 Å². The van der Waals surface area contributed by atoms with E-state index < -0.39 is 0 Å². The third kappa shape index (κ3) is 1.50. The molecular weight excluding hydrogens is 199 g/mol. The Hall–Kier alpha value is -1.73. The number of rotatable bonds is 1. The highest BCUT2D eigenvalue weighted by Crippen LogP contribution is 2.24. The highest BCUT2D eigenvalue weighted by atomic mass is 32.1. The summed E-state index contributed by atoms with van der Waals surface area (Å²) < 4.78 is 12.9. The van der Waals surface area contributed by atoms with Crippen LogP contribution in [-0.4, -0.2) is 4.98 Å². The van der Waals surface area contributed by atoms with Gasteiger partial charge in [-0.15, -0.1) is 11.3 Å². The van der Waals surface area contributed by atoms with E-state index in [9.17, 15) is 4.39 Å². The summed E-state index contributed by atoms with van der Waals surface area (Å²) in [5, 5.41) is 8.76. The molecule has 0 aliphatic carbocycles. The molecule has 0 amide bonds. The van der Waals surface area contributed by atoms with Crippen molar-refractivity contribution in [3.8, 4) is 17.3 Å². The fraction of sp³-hybridized carbons (Fsp3) is 0. The van der Waals surface area contributed by atoms with Gasteiger partial charge in [-0.1, -0.05) is 12.1 Å². The lowest BCUT2D eigenvalue weighted by Crippen LogP contribution is -1.82. The van der Waals surface area contributed by atoms with Gasteiger partial charge in [0.2, 0.25) is 0 Å². The van der Waals surface area contributed by atoms with Crippen LogP contribution in [0.2, 0.25) is 0 Å². The zero-order chi connectivity index (χ0) is 9.97.